The first-order valence-electron chi connectivity index (χ1n) is 6.48. The molecular formula is C15H14N4OS. The summed E-state index contributed by atoms with van der Waals surface area (Å²) in [6.07, 6.45) is 3.33. The Bertz CT molecular complexity index is 795. The number of benzene rings is 1. The van der Waals surface area contributed by atoms with Crippen molar-refractivity contribution >= 4 is 33.0 Å². The van der Waals surface area contributed by atoms with Crippen molar-refractivity contribution in [2.45, 2.75) is 13.5 Å². The lowest BCUT2D eigenvalue weighted by Gasteiger charge is -2.04. The molecule has 0 radical (unpaired) electrons. The number of hydrogen-bond donors (Lipinski definition) is 2. The van der Waals surface area contributed by atoms with Crippen LogP contribution in [-0.2, 0) is 6.54 Å². The van der Waals surface area contributed by atoms with Crippen LogP contribution in [0, 0.1) is 6.92 Å². The van der Waals surface area contributed by atoms with Crippen LogP contribution in [0.2, 0.25) is 0 Å². The Labute approximate surface area is 125 Å². The van der Waals surface area contributed by atoms with Crippen molar-refractivity contribution in [2.24, 2.45) is 0 Å². The highest BCUT2D eigenvalue weighted by molar-refractivity contribution is 7.21. The molecule has 1 amide bonds. The number of carbonyl (C=O) groups excluding carboxylic acids is 1. The van der Waals surface area contributed by atoms with Crippen LogP contribution in [0.15, 0.2) is 36.7 Å². The SMILES string of the molecule is Cc1cnc(CNC(=O)c2sc3ccccc3c2N)cn1. The molecule has 1 aromatic carbocycles. The van der Waals surface area contributed by atoms with Gasteiger partial charge in [-0.1, -0.05) is 18.2 Å². The summed E-state index contributed by atoms with van der Waals surface area (Å²) < 4.78 is 1.01. The van der Waals surface area contributed by atoms with E-state index >= 15 is 0 Å². The first kappa shape index (κ1) is 13.5. The summed E-state index contributed by atoms with van der Waals surface area (Å²) in [6, 6.07) is 7.72. The molecule has 5 nitrogen and oxygen atoms in total. The van der Waals surface area contributed by atoms with Gasteiger partial charge in [-0.15, -0.1) is 11.3 Å². The molecule has 2 heterocycles. The molecule has 0 aliphatic rings. The average molecular weight is 298 g/mol. The number of hydrogen-bond acceptors (Lipinski definition) is 5. The topological polar surface area (TPSA) is 80.9 Å². The second-order valence-corrected chi connectivity index (χ2v) is 5.73. The highest BCUT2D eigenvalue weighted by Gasteiger charge is 2.15. The third kappa shape index (κ3) is 2.71. The molecule has 6 heteroatoms. The second kappa shape index (κ2) is 5.49. The Morgan fingerprint density at radius 3 is 2.81 bits per heavy atom. The van der Waals surface area contributed by atoms with Crippen LogP contribution in [0.25, 0.3) is 10.1 Å². The first-order chi connectivity index (χ1) is 10.1. The second-order valence-electron chi connectivity index (χ2n) is 4.67. The lowest BCUT2D eigenvalue weighted by Crippen LogP contribution is -2.23. The molecule has 0 saturated heterocycles. The number of aromatic nitrogens is 2. The number of nitrogen functional groups attached to an aromatic ring is 1. The van der Waals surface area contributed by atoms with Gasteiger partial charge in [0.25, 0.3) is 5.91 Å². The van der Waals surface area contributed by atoms with Gasteiger partial charge in [0.2, 0.25) is 0 Å². The van der Waals surface area contributed by atoms with Crippen molar-refractivity contribution in [1.82, 2.24) is 15.3 Å². The lowest BCUT2D eigenvalue weighted by molar-refractivity contribution is 0.0955. The molecule has 0 saturated carbocycles. The van der Waals surface area contributed by atoms with Crippen molar-refractivity contribution < 1.29 is 4.79 Å². The van der Waals surface area contributed by atoms with Crippen LogP contribution in [0.5, 0.6) is 0 Å². The highest BCUT2D eigenvalue weighted by atomic mass is 32.1. The Balaban J connectivity index is 1.78. The van der Waals surface area contributed by atoms with Gasteiger partial charge in [-0.3, -0.25) is 14.8 Å². The van der Waals surface area contributed by atoms with Crippen molar-refractivity contribution in [3.05, 3.63) is 52.9 Å². The molecular weight excluding hydrogens is 284 g/mol. The summed E-state index contributed by atoms with van der Waals surface area (Å²) >= 11 is 1.40. The molecule has 21 heavy (non-hydrogen) atoms. The maximum absolute atomic E-state index is 12.2. The predicted molar refractivity (Wildman–Crippen MR) is 84.2 cm³/mol. The van der Waals surface area contributed by atoms with E-state index in [0.29, 0.717) is 22.8 Å². The van der Waals surface area contributed by atoms with Gasteiger partial charge in [0.05, 0.1) is 29.8 Å². The van der Waals surface area contributed by atoms with Crippen LogP contribution in [0.1, 0.15) is 21.1 Å². The van der Waals surface area contributed by atoms with Crippen molar-refractivity contribution in [1.29, 1.82) is 0 Å². The maximum atomic E-state index is 12.2. The smallest absolute Gasteiger partial charge is 0.263 e. The zero-order valence-corrected chi connectivity index (χ0v) is 12.3. The number of carbonyl (C=O) groups is 1. The van der Waals surface area contributed by atoms with E-state index in [2.05, 4.69) is 15.3 Å². The number of rotatable bonds is 3. The van der Waals surface area contributed by atoms with E-state index in [1.54, 1.807) is 12.4 Å². The largest absolute Gasteiger partial charge is 0.397 e. The summed E-state index contributed by atoms with van der Waals surface area (Å²) in [5.41, 5.74) is 8.14. The van der Waals surface area contributed by atoms with Crippen LogP contribution in [-0.4, -0.2) is 15.9 Å². The number of nitrogens with two attached hydrogens (primary N) is 1. The van der Waals surface area contributed by atoms with E-state index < -0.39 is 0 Å². The van der Waals surface area contributed by atoms with Gasteiger partial charge >= 0.3 is 0 Å². The fourth-order valence-electron chi connectivity index (χ4n) is 2.00. The molecule has 3 aromatic rings. The average Bonchev–Trinajstić information content (AvgIpc) is 2.84. The predicted octanol–water partition coefficient (Wildman–Crippen LogP) is 2.51. The summed E-state index contributed by atoms with van der Waals surface area (Å²) in [5.74, 6) is -0.184. The number of nitrogens with zero attached hydrogens (tertiary/aromatic N) is 2. The number of fused-ring (bicyclic) bond motifs is 1. The molecule has 0 atom stereocenters. The van der Waals surface area contributed by atoms with Gasteiger partial charge < -0.3 is 11.1 Å². The summed E-state index contributed by atoms with van der Waals surface area (Å²) in [5, 5.41) is 3.74. The minimum Gasteiger partial charge on any atom is -0.397 e. The van der Waals surface area contributed by atoms with E-state index in [4.69, 9.17) is 5.73 Å². The van der Waals surface area contributed by atoms with Gasteiger partial charge in [0.15, 0.2) is 0 Å². The van der Waals surface area contributed by atoms with E-state index in [1.807, 2.05) is 31.2 Å². The molecule has 2 aromatic heterocycles. The Morgan fingerprint density at radius 1 is 1.29 bits per heavy atom. The van der Waals surface area contributed by atoms with Crippen molar-refractivity contribution in [2.75, 3.05) is 5.73 Å². The van der Waals surface area contributed by atoms with Crippen molar-refractivity contribution in [3.63, 3.8) is 0 Å². The third-order valence-corrected chi connectivity index (χ3v) is 4.29. The number of aryl methyl sites for hydroxylation is 1. The Hall–Kier alpha value is -2.47. The van der Waals surface area contributed by atoms with Gasteiger partial charge in [0, 0.05) is 16.3 Å². The van der Waals surface area contributed by atoms with Crippen LogP contribution in [0.3, 0.4) is 0 Å². The zero-order chi connectivity index (χ0) is 14.8. The van der Waals surface area contributed by atoms with Crippen LogP contribution < -0.4 is 11.1 Å². The third-order valence-electron chi connectivity index (χ3n) is 3.10. The number of amides is 1. The fraction of sp³-hybridized carbons (Fsp3) is 0.133. The van der Waals surface area contributed by atoms with E-state index in [0.717, 1.165) is 15.8 Å². The summed E-state index contributed by atoms with van der Waals surface area (Å²) in [7, 11) is 0. The molecule has 3 rings (SSSR count). The molecule has 0 aliphatic heterocycles. The van der Waals surface area contributed by atoms with E-state index in [1.165, 1.54) is 11.3 Å². The molecule has 0 aliphatic carbocycles. The molecule has 106 valence electrons. The Kier molecular flexibility index (Phi) is 3.53. The number of anilines is 1. The number of nitrogens with one attached hydrogen (secondary N) is 1. The Morgan fingerprint density at radius 2 is 2.10 bits per heavy atom. The minimum absolute atomic E-state index is 0.184. The van der Waals surface area contributed by atoms with Crippen LogP contribution >= 0.6 is 11.3 Å². The quantitative estimate of drug-likeness (QED) is 0.778. The van der Waals surface area contributed by atoms with Gasteiger partial charge in [-0.05, 0) is 13.0 Å². The highest BCUT2D eigenvalue weighted by Crippen LogP contribution is 2.33. The number of thiophene rings is 1. The monoisotopic (exact) mass is 298 g/mol. The van der Waals surface area contributed by atoms with Crippen LogP contribution in [0.4, 0.5) is 5.69 Å². The summed E-state index contributed by atoms with van der Waals surface area (Å²) in [6.45, 7) is 2.20. The zero-order valence-electron chi connectivity index (χ0n) is 11.5. The normalized spacial score (nSPS) is 10.7. The fourth-order valence-corrected chi connectivity index (χ4v) is 3.04. The first-order valence-corrected chi connectivity index (χ1v) is 7.29. The van der Waals surface area contributed by atoms with Gasteiger partial charge in [0.1, 0.15) is 4.88 Å². The van der Waals surface area contributed by atoms with Gasteiger partial charge in [-0.25, -0.2) is 0 Å². The van der Waals surface area contributed by atoms with E-state index in [9.17, 15) is 4.79 Å². The molecule has 0 unspecified atom stereocenters. The van der Waals surface area contributed by atoms with Crippen molar-refractivity contribution in [3.8, 4) is 0 Å². The minimum atomic E-state index is -0.184. The standard InChI is InChI=1S/C15H14N4OS/c1-9-6-18-10(7-17-9)8-19-15(20)14-13(16)11-4-2-3-5-12(11)21-14/h2-7H,8,16H2,1H3,(H,19,20). The van der Waals surface area contributed by atoms with E-state index in [-0.39, 0.29) is 5.91 Å². The molecule has 0 bridgehead atoms. The molecule has 3 N–H and O–H groups in total. The lowest BCUT2D eigenvalue weighted by atomic mass is 10.2. The molecule has 0 spiro atoms. The maximum Gasteiger partial charge on any atom is 0.263 e. The molecule has 0 fully saturated rings. The summed E-state index contributed by atoms with van der Waals surface area (Å²) in [4.78, 5) is 21.1. The van der Waals surface area contributed by atoms with Gasteiger partial charge in [-0.2, -0.15) is 0 Å².